The van der Waals surface area contributed by atoms with E-state index < -0.39 is 32.2 Å². The molecule has 0 N–H and O–H groups in total. The van der Waals surface area contributed by atoms with Gasteiger partial charge in [0.2, 0.25) is 10.0 Å². The monoisotopic (exact) mass is 349 g/mol. The van der Waals surface area contributed by atoms with E-state index in [1.54, 1.807) is 0 Å². The predicted molar refractivity (Wildman–Crippen MR) is 80.5 cm³/mol. The molecule has 1 aromatic rings. The van der Waals surface area contributed by atoms with Crippen LogP contribution in [0.3, 0.4) is 0 Å². The Balaban J connectivity index is 3.47. The quantitative estimate of drug-likeness (QED) is 0.723. The summed E-state index contributed by atoms with van der Waals surface area (Å²) in [7, 11) is 0.595. The molecule has 0 radical (unpaired) electrons. The highest BCUT2D eigenvalue weighted by molar-refractivity contribution is 7.89. The highest BCUT2D eigenvalue weighted by Crippen LogP contribution is 2.34. The topological polar surface area (TPSA) is 82.1 Å². The number of esters is 1. The minimum absolute atomic E-state index is 0.0525. The lowest BCUT2D eigenvalue weighted by Crippen LogP contribution is -2.51. The molecule has 0 fully saturated rings. The first kappa shape index (κ1) is 19.2. The largest absolute Gasteiger partial charge is 0.493 e. The molecular weight excluding hydrogens is 329 g/mol. The SMILES string of the molecule is COC(=O)C(C)(C)N(C)S(=O)(=O)c1cc(OC)c(OC)cc1F. The molecule has 0 saturated carbocycles. The van der Waals surface area contributed by atoms with Gasteiger partial charge in [-0.3, -0.25) is 4.79 Å². The van der Waals surface area contributed by atoms with E-state index in [-0.39, 0.29) is 11.5 Å². The van der Waals surface area contributed by atoms with Crippen LogP contribution in [-0.2, 0) is 19.6 Å². The fourth-order valence-electron chi connectivity index (χ4n) is 1.86. The summed E-state index contributed by atoms with van der Waals surface area (Å²) in [6, 6.07) is 1.91. The van der Waals surface area contributed by atoms with Gasteiger partial charge in [-0.2, -0.15) is 4.31 Å². The van der Waals surface area contributed by atoms with Crippen LogP contribution >= 0.6 is 0 Å². The Morgan fingerprint density at radius 2 is 1.61 bits per heavy atom. The molecule has 9 heteroatoms. The maximum absolute atomic E-state index is 14.2. The van der Waals surface area contributed by atoms with E-state index in [9.17, 15) is 17.6 Å². The molecule has 0 aliphatic rings. The maximum atomic E-state index is 14.2. The number of hydrogen-bond donors (Lipinski definition) is 0. The number of methoxy groups -OCH3 is 3. The van der Waals surface area contributed by atoms with Gasteiger partial charge in [-0.1, -0.05) is 0 Å². The molecule has 0 spiro atoms. The number of benzene rings is 1. The van der Waals surface area contributed by atoms with Gasteiger partial charge in [0, 0.05) is 19.2 Å². The Bertz CT molecular complexity index is 701. The lowest BCUT2D eigenvalue weighted by Gasteiger charge is -2.31. The Hall–Kier alpha value is -1.87. The number of ether oxygens (including phenoxy) is 3. The van der Waals surface area contributed by atoms with Crippen LogP contribution in [0.15, 0.2) is 17.0 Å². The highest BCUT2D eigenvalue weighted by atomic mass is 32.2. The molecule has 7 nitrogen and oxygen atoms in total. The molecule has 0 saturated heterocycles. The lowest BCUT2D eigenvalue weighted by molar-refractivity contribution is -0.149. The van der Waals surface area contributed by atoms with E-state index in [4.69, 9.17) is 9.47 Å². The van der Waals surface area contributed by atoms with Crippen LogP contribution in [0.1, 0.15) is 13.8 Å². The van der Waals surface area contributed by atoms with E-state index in [2.05, 4.69) is 4.74 Å². The Morgan fingerprint density at radius 1 is 1.13 bits per heavy atom. The van der Waals surface area contributed by atoms with Crippen LogP contribution in [0.2, 0.25) is 0 Å². The van der Waals surface area contributed by atoms with Crippen molar-refractivity contribution in [1.29, 1.82) is 0 Å². The third kappa shape index (κ3) is 3.40. The fraction of sp³-hybridized carbons (Fsp3) is 0.500. The van der Waals surface area contributed by atoms with Gasteiger partial charge in [0.1, 0.15) is 16.3 Å². The van der Waals surface area contributed by atoms with E-state index in [1.807, 2.05) is 0 Å². The molecule has 0 amide bonds. The molecule has 130 valence electrons. The summed E-state index contributed by atoms with van der Waals surface area (Å²) in [5.74, 6) is -1.68. The van der Waals surface area contributed by atoms with E-state index in [1.165, 1.54) is 35.1 Å². The second-order valence-electron chi connectivity index (χ2n) is 5.16. The van der Waals surface area contributed by atoms with Gasteiger partial charge in [-0.15, -0.1) is 0 Å². The standard InChI is InChI=1S/C14H20FNO6S/c1-14(2,13(17)22-6)16(3)23(18,19)12-8-11(21-5)10(20-4)7-9(12)15/h7-8H,1-6H3. The molecule has 1 rings (SSSR count). The summed E-state index contributed by atoms with van der Waals surface area (Å²) in [5, 5.41) is 0. The number of carbonyl (C=O) groups is 1. The third-order valence-corrected chi connectivity index (χ3v) is 5.59. The number of halogens is 1. The smallest absolute Gasteiger partial charge is 0.326 e. The molecule has 0 aliphatic heterocycles. The number of rotatable bonds is 6. The number of carbonyl (C=O) groups excluding carboxylic acids is 1. The zero-order valence-electron chi connectivity index (χ0n) is 13.8. The van der Waals surface area contributed by atoms with Crippen molar-refractivity contribution in [2.45, 2.75) is 24.3 Å². The van der Waals surface area contributed by atoms with Crippen LogP contribution in [0, 0.1) is 5.82 Å². The molecule has 23 heavy (non-hydrogen) atoms. The zero-order valence-corrected chi connectivity index (χ0v) is 14.7. The van der Waals surface area contributed by atoms with Crippen LogP contribution in [-0.4, -0.2) is 52.6 Å². The molecule has 0 heterocycles. The van der Waals surface area contributed by atoms with Gasteiger partial charge in [0.25, 0.3) is 0 Å². The molecule has 1 aromatic carbocycles. The summed E-state index contributed by atoms with van der Waals surface area (Å²) in [4.78, 5) is 11.2. The van der Waals surface area contributed by atoms with Crippen molar-refractivity contribution in [2.24, 2.45) is 0 Å². The number of likely N-dealkylation sites (N-methyl/N-ethyl adjacent to an activating group) is 1. The summed E-state index contributed by atoms with van der Waals surface area (Å²) in [6.07, 6.45) is 0. The average Bonchev–Trinajstić information content (AvgIpc) is 2.52. The van der Waals surface area contributed by atoms with Crippen LogP contribution in [0.25, 0.3) is 0 Å². The average molecular weight is 349 g/mol. The van der Waals surface area contributed by atoms with Crippen molar-refractivity contribution in [2.75, 3.05) is 28.4 Å². The van der Waals surface area contributed by atoms with Gasteiger partial charge in [0.05, 0.1) is 21.3 Å². The number of nitrogens with zero attached hydrogens (tertiary/aromatic N) is 1. The van der Waals surface area contributed by atoms with Crippen molar-refractivity contribution < 1.29 is 31.8 Å². The first-order valence-electron chi connectivity index (χ1n) is 6.53. The summed E-state index contributed by atoms with van der Waals surface area (Å²) < 4.78 is 54.8. The second kappa shape index (κ2) is 6.71. The first-order chi connectivity index (χ1) is 10.5. The summed E-state index contributed by atoms with van der Waals surface area (Å²) in [5.41, 5.74) is -1.52. The van der Waals surface area contributed by atoms with Crippen molar-refractivity contribution in [1.82, 2.24) is 4.31 Å². The highest BCUT2D eigenvalue weighted by Gasteiger charge is 2.42. The molecule has 0 atom stereocenters. The summed E-state index contributed by atoms with van der Waals surface area (Å²) in [6.45, 7) is 2.71. The van der Waals surface area contributed by atoms with Crippen molar-refractivity contribution in [3.63, 3.8) is 0 Å². The minimum Gasteiger partial charge on any atom is -0.493 e. The minimum atomic E-state index is -4.32. The molecule has 0 aliphatic carbocycles. The van der Waals surface area contributed by atoms with Crippen LogP contribution in [0.4, 0.5) is 4.39 Å². The van der Waals surface area contributed by atoms with Crippen molar-refractivity contribution in [3.8, 4) is 11.5 Å². The Labute approximate surface area is 135 Å². The number of hydrogen-bond acceptors (Lipinski definition) is 6. The van der Waals surface area contributed by atoms with Crippen molar-refractivity contribution >= 4 is 16.0 Å². The van der Waals surface area contributed by atoms with Gasteiger partial charge in [0.15, 0.2) is 11.5 Å². The zero-order chi connectivity index (χ0) is 18.0. The van der Waals surface area contributed by atoms with Gasteiger partial charge < -0.3 is 14.2 Å². The van der Waals surface area contributed by atoms with Crippen molar-refractivity contribution in [3.05, 3.63) is 17.9 Å². The van der Waals surface area contributed by atoms with E-state index >= 15 is 0 Å². The van der Waals surface area contributed by atoms with Gasteiger partial charge in [-0.25, -0.2) is 12.8 Å². The van der Waals surface area contributed by atoms with Crippen LogP contribution < -0.4 is 9.47 Å². The van der Waals surface area contributed by atoms with Gasteiger partial charge >= 0.3 is 5.97 Å². The molecule has 0 unspecified atom stereocenters. The normalized spacial score (nSPS) is 12.2. The molecule has 0 bridgehead atoms. The molecule has 0 aromatic heterocycles. The number of sulfonamides is 1. The lowest BCUT2D eigenvalue weighted by atomic mass is 10.1. The first-order valence-corrected chi connectivity index (χ1v) is 7.97. The second-order valence-corrected chi connectivity index (χ2v) is 7.10. The Kier molecular flexibility index (Phi) is 5.60. The predicted octanol–water partition coefficient (Wildman–Crippen LogP) is 1.41. The van der Waals surface area contributed by atoms with E-state index in [0.29, 0.717) is 0 Å². The fourth-order valence-corrected chi connectivity index (χ4v) is 3.39. The summed E-state index contributed by atoms with van der Waals surface area (Å²) >= 11 is 0. The molecular formula is C14H20FNO6S. The third-order valence-electron chi connectivity index (χ3n) is 3.55. The van der Waals surface area contributed by atoms with Gasteiger partial charge in [-0.05, 0) is 13.8 Å². The van der Waals surface area contributed by atoms with Crippen LogP contribution in [0.5, 0.6) is 11.5 Å². The Morgan fingerprint density at radius 3 is 2.04 bits per heavy atom. The van der Waals surface area contributed by atoms with E-state index in [0.717, 1.165) is 23.5 Å². The maximum Gasteiger partial charge on any atom is 0.326 e.